The van der Waals surface area contributed by atoms with E-state index in [4.69, 9.17) is 10.8 Å². The third-order valence-electron chi connectivity index (χ3n) is 0.390. The van der Waals surface area contributed by atoms with Crippen molar-refractivity contribution in [1.82, 2.24) is 0 Å². The van der Waals surface area contributed by atoms with Gasteiger partial charge >= 0.3 is 5.97 Å². The average molecular weight is 112 g/mol. The van der Waals surface area contributed by atoms with Gasteiger partial charge in [0.2, 0.25) is 0 Å². The van der Waals surface area contributed by atoms with Gasteiger partial charge in [-0.1, -0.05) is 0 Å². The third kappa shape index (κ3) is 6.43. The Kier molecular flexibility index (Phi) is 6.82. The van der Waals surface area contributed by atoms with Crippen molar-refractivity contribution in [3.05, 3.63) is 0 Å². The van der Waals surface area contributed by atoms with Crippen LogP contribution in [0.3, 0.4) is 0 Å². The predicted octanol–water partition coefficient (Wildman–Crippen LogP) is -0.963. The van der Waals surface area contributed by atoms with E-state index in [1.165, 1.54) is 6.92 Å². The number of aliphatic carboxylic acids is 1. The van der Waals surface area contributed by atoms with Gasteiger partial charge in [-0.05, 0) is 6.92 Å². The van der Waals surface area contributed by atoms with E-state index in [1.807, 2.05) is 0 Å². The van der Waals surface area contributed by atoms with Crippen LogP contribution >= 0.6 is 0 Å². The van der Waals surface area contributed by atoms with Gasteiger partial charge in [0.1, 0.15) is 6.04 Å². The maximum atomic E-state index is 9.57. The SMILES string of the molecule is CC(N)C(=O)O.[Na]. The second-order valence-corrected chi connectivity index (χ2v) is 1.13. The minimum Gasteiger partial charge on any atom is -0.480 e. The Bertz CT molecular complexity index is 64.0. The van der Waals surface area contributed by atoms with E-state index < -0.39 is 12.0 Å². The molecule has 0 aromatic heterocycles. The van der Waals surface area contributed by atoms with Crippen molar-refractivity contribution in [2.45, 2.75) is 13.0 Å². The quantitative estimate of drug-likeness (QED) is 0.429. The molecule has 1 atom stereocenters. The van der Waals surface area contributed by atoms with Crippen LogP contribution in [0.4, 0.5) is 0 Å². The molecular formula is C3H7NNaO2. The van der Waals surface area contributed by atoms with Crippen molar-refractivity contribution in [2.24, 2.45) is 5.73 Å². The van der Waals surface area contributed by atoms with Crippen LogP contribution in [-0.2, 0) is 4.79 Å². The average Bonchev–Trinajstić information content (AvgIpc) is 1.36. The molecule has 37 valence electrons. The van der Waals surface area contributed by atoms with Crippen LogP contribution in [0.1, 0.15) is 6.92 Å². The number of carbonyl (C=O) groups is 1. The molecule has 0 bridgehead atoms. The van der Waals surface area contributed by atoms with Gasteiger partial charge in [0, 0.05) is 29.6 Å². The molecule has 0 rings (SSSR count). The van der Waals surface area contributed by atoms with Gasteiger partial charge in [0.25, 0.3) is 0 Å². The van der Waals surface area contributed by atoms with Crippen LogP contribution in [0, 0.1) is 0 Å². The summed E-state index contributed by atoms with van der Waals surface area (Å²) in [4.78, 5) is 9.57. The number of carboxylic acids is 1. The number of rotatable bonds is 1. The Labute approximate surface area is 64.2 Å². The fourth-order valence-corrected chi connectivity index (χ4v) is 0. The first-order chi connectivity index (χ1) is 2.64. The summed E-state index contributed by atoms with van der Waals surface area (Å²) >= 11 is 0. The Morgan fingerprint density at radius 2 is 2.00 bits per heavy atom. The summed E-state index contributed by atoms with van der Waals surface area (Å²) < 4.78 is 0. The van der Waals surface area contributed by atoms with Gasteiger partial charge in [0.05, 0.1) is 0 Å². The van der Waals surface area contributed by atoms with Gasteiger partial charge in [0.15, 0.2) is 0 Å². The molecule has 3 nitrogen and oxygen atoms in total. The van der Waals surface area contributed by atoms with Crippen LogP contribution in [-0.4, -0.2) is 46.7 Å². The van der Waals surface area contributed by atoms with Crippen molar-refractivity contribution in [3.63, 3.8) is 0 Å². The second kappa shape index (κ2) is 4.59. The molecular weight excluding hydrogens is 105 g/mol. The Morgan fingerprint density at radius 1 is 1.86 bits per heavy atom. The zero-order valence-corrected chi connectivity index (χ0v) is 6.51. The molecule has 7 heavy (non-hydrogen) atoms. The normalized spacial score (nSPS) is 11.7. The minimum atomic E-state index is -0.963. The number of carboxylic acid groups (broad SMARTS) is 1. The first-order valence-electron chi connectivity index (χ1n) is 1.63. The molecule has 0 fully saturated rings. The number of nitrogens with two attached hydrogens (primary N) is 1. The Morgan fingerprint density at radius 3 is 2.00 bits per heavy atom. The number of hydrogen-bond donors (Lipinski definition) is 2. The van der Waals surface area contributed by atoms with Crippen molar-refractivity contribution < 1.29 is 9.90 Å². The van der Waals surface area contributed by atoms with E-state index in [-0.39, 0.29) is 29.6 Å². The molecule has 0 saturated heterocycles. The largest absolute Gasteiger partial charge is 0.480 e. The van der Waals surface area contributed by atoms with Crippen LogP contribution < -0.4 is 5.73 Å². The van der Waals surface area contributed by atoms with E-state index in [9.17, 15) is 4.79 Å². The molecule has 0 saturated carbocycles. The van der Waals surface area contributed by atoms with Crippen LogP contribution in [0.2, 0.25) is 0 Å². The molecule has 0 aromatic rings. The third-order valence-corrected chi connectivity index (χ3v) is 0.390. The van der Waals surface area contributed by atoms with E-state index in [2.05, 4.69) is 0 Å². The van der Waals surface area contributed by atoms with E-state index in [0.717, 1.165) is 0 Å². The van der Waals surface area contributed by atoms with Crippen molar-refractivity contribution in [2.75, 3.05) is 0 Å². The zero-order chi connectivity index (χ0) is 5.15. The van der Waals surface area contributed by atoms with Crippen LogP contribution in [0.25, 0.3) is 0 Å². The molecule has 0 amide bonds. The monoisotopic (exact) mass is 112 g/mol. The summed E-state index contributed by atoms with van der Waals surface area (Å²) in [6.45, 7) is 1.42. The van der Waals surface area contributed by atoms with Crippen LogP contribution in [0.15, 0.2) is 0 Å². The standard InChI is InChI=1S/C3H7NO2.Na/c1-2(4)3(5)6;/h2H,4H2,1H3,(H,5,6);. The molecule has 0 spiro atoms. The summed E-state index contributed by atoms with van der Waals surface area (Å²) in [6.07, 6.45) is 0. The fourth-order valence-electron chi connectivity index (χ4n) is 0. The number of hydrogen-bond acceptors (Lipinski definition) is 2. The predicted molar refractivity (Wildman–Crippen MR) is 27.0 cm³/mol. The van der Waals surface area contributed by atoms with Gasteiger partial charge in [-0.2, -0.15) is 0 Å². The van der Waals surface area contributed by atoms with E-state index in [1.54, 1.807) is 0 Å². The molecule has 0 aromatic carbocycles. The second-order valence-electron chi connectivity index (χ2n) is 1.13. The molecule has 3 N–H and O–H groups in total. The van der Waals surface area contributed by atoms with E-state index in [0.29, 0.717) is 0 Å². The molecule has 4 heteroatoms. The topological polar surface area (TPSA) is 63.3 Å². The maximum Gasteiger partial charge on any atom is 0.320 e. The van der Waals surface area contributed by atoms with Gasteiger partial charge in [-0.15, -0.1) is 0 Å². The van der Waals surface area contributed by atoms with Gasteiger partial charge in [-0.25, -0.2) is 0 Å². The Hall–Kier alpha value is 0.430. The van der Waals surface area contributed by atoms with Crippen molar-refractivity contribution >= 4 is 35.5 Å². The minimum absolute atomic E-state index is 0. The summed E-state index contributed by atoms with van der Waals surface area (Å²) in [6, 6.07) is -0.731. The van der Waals surface area contributed by atoms with Gasteiger partial charge < -0.3 is 10.8 Å². The van der Waals surface area contributed by atoms with E-state index >= 15 is 0 Å². The van der Waals surface area contributed by atoms with Crippen molar-refractivity contribution in [1.29, 1.82) is 0 Å². The molecule has 0 heterocycles. The zero-order valence-electron chi connectivity index (χ0n) is 4.51. The molecule has 0 aliphatic rings. The van der Waals surface area contributed by atoms with Gasteiger partial charge in [-0.3, -0.25) is 4.79 Å². The first kappa shape index (κ1) is 10.4. The smallest absolute Gasteiger partial charge is 0.320 e. The van der Waals surface area contributed by atoms with Crippen molar-refractivity contribution in [3.8, 4) is 0 Å². The summed E-state index contributed by atoms with van der Waals surface area (Å²) in [5.41, 5.74) is 4.84. The Balaban J connectivity index is 0. The first-order valence-corrected chi connectivity index (χ1v) is 1.63. The molecule has 1 unspecified atom stereocenters. The summed E-state index contributed by atoms with van der Waals surface area (Å²) in [5, 5.41) is 7.87. The maximum absolute atomic E-state index is 9.57. The molecule has 1 radical (unpaired) electrons. The molecule has 0 aliphatic carbocycles. The van der Waals surface area contributed by atoms with Crippen LogP contribution in [0.5, 0.6) is 0 Å². The summed E-state index contributed by atoms with van der Waals surface area (Å²) in [7, 11) is 0. The summed E-state index contributed by atoms with van der Waals surface area (Å²) in [5.74, 6) is -0.963. The molecule has 0 aliphatic heterocycles. The fraction of sp³-hybridized carbons (Fsp3) is 0.667.